The van der Waals surface area contributed by atoms with Crippen molar-refractivity contribution in [2.75, 3.05) is 5.32 Å². The zero-order valence-electron chi connectivity index (χ0n) is 12.6. The van der Waals surface area contributed by atoms with Crippen LogP contribution in [0.3, 0.4) is 0 Å². The fourth-order valence-electron chi connectivity index (χ4n) is 2.06. The van der Waals surface area contributed by atoms with Crippen molar-refractivity contribution in [3.05, 3.63) is 66.6 Å². The third kappa shape index (κ3) is 3.94. The van der Waals surface area contributed by atoms with Gasteiger partial charge >= 0.3 is 6.18 Å². The molecule has 25 heavy (non-hydrogen) atoms. The molecule has 2 heterocycles. The molecule has 0 bridgehead atoms. The van der Waals surface area contributed by atoms with Crippen molar-refractivity contribution < 1.29 is 22.4 Å². The number of anilines is 1. The Morgan fingerprint density at radius 2 is 2.12 bits per heavy atom. The number of furan rings is 1. The van der Waals surface area contributed by atoms with Crippen LogP contribution in [-0.2, 0) is 11.0 Å². The van der Waals surface area contributed by atoms with Gasteiger partial charge in [-0.3, -0.25) is 4.79 Å². The van der Waals surface area contributed by atoms with Crippen molar-refractivity contribution in [2.24, 2.45) is 0 Å². The molecule has 0 saturated carbocycles. The molecule has 0 aliphatic rings. The van der Waals surface area contributed by atoms with E-state index in [2.05, 4.69) is 15.4 Å². The Bertz CT molecular complexity index is 885. The largest absolute Gasteiger partial charge is 0.465 e. The molecule has 0 saturated heterocycles. The monoisotopic (exact) mass is 348 g/mol. The molecule has 0 spiro atoms. The van der Waals surface area contributed by atoms with Gasteiger partial charge in [-0.05, 0) is 36.4 Å². The number of aromatic nitrogens is 3. The summed E-state index contributed by atoms with van der Waals surface area (Å²) in [5.41, 5.74) is -0.679. The molecular formula is C16H11F3N4O2. The van der Waals surface area contributed by atoms with E-state index in [9.17, 15) is 18.0 Å². The summed E-state index contributed by atoms with van der Waals surface area (Å²) in [5.74, 6) is -0.173. The summed E-state index contributed by atoms with van der Waals surface area (Å²) in [6, 6.07) is 6.24. The van der Waals surface area contributed by atoms with E-state index in [1.165, 1.54) is 35.7 Å². The van der Waals surface area contributed by atoms with Gasteiger partial charge in [0.1, 0.15) is 18.4 Å². The Balaban J connectivity index is 1.90. The van der Waals surface area contributed by atoms with E-state index in [4.69, 9.17) is 4.42 Å². The van der Waals surface area contributed by atoms with E-state index >= 15 is 0 Å². The molecule has 0 radical (unpaired) electrons. The summed E-state index contributed by atoms with van der Waals surface area (Å²) in [5, 5.41) is 6.29. The molecule has 0 atom stereocenters. The first-order chi connectivity index (χ1) is 11.9. The van der Waals surface area contributed by atoms with Crippen LogP contribution < -0.4 is 5.32 Å². The number of carbonyl (C=O) groups is 1. The van der Waals surface area contributed by atoms with Crippen molar-refractivity contribution in [3.63, 3.8) is 0 Å². The summed E-state index contributed by atoms with van der Waals surface area (Å²) in [6.07, 6.45) is 2.01. The average molecular weight is 348 g/mol. The molecule has 3 rings (SSSR count). The minimum absolute atomic E-state index is 0.0468. The molecule has 3 aromatic rings. The number of carbonyl (C=O) groups excluding carboxylic acids is 1. The second-order valence-corrected chi connectivity index (χ2v) is 4.91. The van der Waals surface area contributed by atoms with Crippen molar-refractivity contribution in [2.45, 2.75) is 6.18 Å². The van der Waals surface area contributed by atoms with Crippen molar-refractivity contribution in [3.8, 4) is 5.69 Å². The highest BCUT2D eigenvalue weighted by Crippen LogP contribution is 2.33. The van der Waals surface area contributed by atoms with Crippen LogP contribution in [0.25, 0.3) is 11.8 Å². The first kappa shape index (κ1) is 16.5. The van der Waals surface area contributed by atoms with Crippen LogP contribution >= 0.6 is 0 Å². The fraction of sp³-hybridized carbons (Fsp3) is 0.0625. The van der Waals surface area contributed by atoms with E-state index in [-0.39, 0.29) is 11.4 Å². The van der Waals surface area contributed by atoms with Gasteiger partial charge in [0.05, 0.1) is 23.2 Å². The number of benzene rings is 1. The second kappa shape index (κ2) is 6.63. The maximum Gasteiger partial charge on any atom is 0.416 e. The number of amides is 1. The topological polar surface area (TPSA) is 73.0 Å². The number of nitrogens with zero attached hydrogens (tertiary/aromatic N) is 3. The van der Waals surface area contributed by atoms with Crippen LogP contribution in [0.5, 0.6) is 0 Å². The first-order valence-electron chi connectivity index (χ1n) is 7.02. The summed E-state index contributed by atoms with van der Waals surface area (Å²) in [7, 11) is 0. The SMILES string of the molecule is O=C(C=Cc1ccco1)Nc1cc(C(F)(F)F)ccc1-n1cncn1. The Hall–Kier alpha value is -3.36. The number of halogens is 3. The highest BCUT2D eigenvalue weighted by Gasteiger charge is 2.31. The summed E-state index contributed by atoms with van der Waals surface area (Å²) < 4.78 is 45.1. The van der Waals surface area contributed by atoms with Gasteiger partial charge in [0.25, 0.3) is 0 Å². The van der Waals surface area contributed by atoms with Crippen LogP contribution in [0.15, 0.2) is 59.7 Å². The smallest absolute Gasteiger partial charge is 0.416 e. The van der Waals surface area contributed by atoms with Crippen LogP contribution in [0.1, 0.15) is 11.3 Å². The third-order valence-electron chi connectivity index (χ3n) is 3.19. The Morgan fingerprint density at radius 1 is 1.28 bits per heavy atom. The maximum atomic E-state index is 12.9. The number of hydrogen-bond donors (Lipinski definition) is 1. The molecule has 0 fully saturated rings. The van der Waals surface area contributed by atoms with Crippen LogP contribution in [0.4, 0.5) is 18.9 Å². The Morgan fingerprint density at radius 3 is 2.76 bits per heavy atom. The molecule has 0 aliphatic carbocycles. The van der Waals surface area contributed by atoms with Gasteiger partial charge in [-0.25, -0.2) is 9.67 Å². The zero-order chi connectivity index (χ0) is 17.9. The van der Waals surface area contributed by atoms with Crippen LogP contribution in [0.2, 0.25) is 0 Å². The molecule has 1 aromatic carbocycles. The summed E-state index contributed by atoms with van der Waals surface area (Å²) >= 11 is 0. The van der Waals surface area contributed by atoms with Gasteiger partial charge < -0.3 is 9.73 Å². The van der Waals surface area contributed by atoms with Gasteiger partial charge in [-0.2, -0.15) is 18.3 Å². The molecule has 1 amide bonds. The first-order valence-corrected chi connectivity index (χ1v) is 7.02. The number of rotatable bonds is 4. The molecule has 0 aliphatic heterocycles. The molecule has 9 heteroatoms. The van der Waals surface area contributed by atoms with Crippen molar-refractivity contribution >= 4 is 17.7 Å². The normalized spacial score (nSPS) is 11.8. The molecule has 128 valence electrons. The van der Waals surface area contributed by atoms with Gasteiger partial charge in [-0.1, -0.05) is 0 Å². The van der Waals surface area contributed by atoms with Crippen molar-refractivity contribution in [1.29, 1.82) is 0 Å². The third-order valence-corrected chi connectivity index (χ3v) is 3.19. The molecule has 2 aromatic heterocycles. The molecule has 1 N–H and O–H groups in total. The minimum atomic E-state index is -4.54. The quantitative estimate of drug-likeness (QED) is 0.732. The lowest BCUT2D eigenvalue weighted by Crippen LogP contribution is -2.13. The van der Waals surface area contributed by atoms with Crippen LogP contribution in [-0.4, -0.2) is 20.7 Å². The number of nitrogens with one attached hydrogen (secondary N) is 1. The van der Waals surface area contributed by atoms with E-state index in [1.54, 1.807) is 12.1 Å². The molecule has 6 nitrogen and oxygen atoms in total. The predicted octanol–water partition coefficient (Wildman–Crippen LogP) is 3.53. The van der Waals surface area contributed by atoms with Gasteiger partial charge in [0.15, 0.2) is 0 Å². The highest BCUT2D eigenvalue weighted by molar-refractivity contribution is 6.03. The lowest BCUT2D eigenvalue weighted by Gasteiger charge is -2.13. The summed E-state index contributed by atoms with van der Waals surface area (Å²) in [6.45, 7) is 0. The van der Waals surface area contributed by atoms with Gasteiger partial charge in [-0.15, -0.1) is 0 Å². The van der Waals surface area contributed by atoms with E-state index < -0.39 is 17.6 Å². The van der Waals surface area contributed by atoms with E-state index in [0.717, 1.165) is 18.2 Å². The Kier molecular flexibility index (Phi) is 4.38. The van der Waals surface area contributed by atoms with Gasteiger partial charge in [0, 0.05) is 6.08 Å². The van der Waals surface area contributed by atoms with E-state index in [0.29, 0.717) is 5.76 Å². The minimum Gasteiger partial charge on any atom is -0.465 e. The van der Waals surface area contributed by atoms with Crippen LogP contribution in [0, 0.1) is 0 Å². The number of alkyl halides is 3. The lowest BCUT2D eigenvalue weighted by atomic mass is 10.1. The predicted molar refractivity (Wildman–Crippen MR) is 82.7 cm³/mol. The number of hydrogen-bond acceptors (Lipinski definition) is 4. The molecule has 0 unspecified atom stereocenters. The zero-order valence-corrected chi connectivity index (χ0v) is 12.6. The lowest BCUT2D eigenvalue weighted by molar-refractivity contribution is -0.137. The standard InChI is InChI=1S/C16H11F3N4O2/c17-16(18,19)11-3-5-14(23-10-20-9-21-23)13(8-11)22-15(24)6-4-12-2-1-7-25-12/h1-10H,(H,22,24). The molecular weight excluding hydrogens is 337 g/mol. The van der Waals surface area contributed by atoms with E-state index in [1.807, 2.05) is 0 Å². The van der Waals surface area contributed by atoms with Gasteiger partial charge in [0.2, 0.25) is 5.91 Å². The van der Waals surface area contributed by atoms with Crippen molar-refractivity contribution in [1.82, 2.24) is 14.8 Å². The second-order valence-electron chi connectivity index (χ2n) is 4.91. The fourth-order valence-corrected chi connectivity index (χ4v) is 2.06. The summed E-state index contributed by atoms with van der Waals surface area (Å²) in [4.78, 5) is 15.8. The maximum absolute atomic E-state index is 12.9. The Labute approximate surface area is 139 Å². The average Bonchev–Trinajstić information content (AvgIpc) is 3.26. The highest BCUT2D eigenvalue weighted by atomic mass is 19.4.